The molecule has 1 saturated heterocycles. The van der Waals surface area contributed by atoms with Gasteiger partial charge in [-0.25, -0.2) is 9.97 Å². The Morgan fingerprint density at radius 1 is 0.955 bits per heavy atom. The van der Waals surface area contributed by atoms with E-state index < -0.39 is 6.04 Å². The quantitative estimate of drug-likeness (QED) is 0.226. The minimum Gasteiger partial charge on any atom is -0.381 e. The van der Waals surface area contributed by atoms with Gasteiger partial charge in [-0.05, 0) is 43.5 Å². The monoisotopic (exact) mass is 604 g/mol. The zero-order valence-corrected chi connectivity index (χ0v) is 24.7. The largest absolute Gasteiger partial charge is 0.381 e. The summed E-state index contributed by atoms with van der Waals surface area (Å²) in [7, 11) is 0. The summed E-state index contributed by atoms with van der Waals surface area (Å²) in [6, 6.07) is 20.1. The van der Waals surface area contributed by atoms with Crippen LogP contribution in [-0.2, 0) is 4.74 Å². The number of para-hydroxylation sites is 1. The molecule has 0 aliphatic carbocycles. The molecule has 10 heteroatoms. The van der Waals surface area contributed by atoms with E-state index in [0.717, 1.165) is 42.9 Å². The smallest absolute Gasteiger partial charge is 0.263 e. The highest BCUT2D eigenvalue weighted by atomic mass is 35.5. The molecule has 1 aliphatic heterocycles. The molecule has 2 aromatic carbocycles. The molecule has 0 spiro atoms. The SMILES string of the molecule is C[C@H](Nc1ncnc2[nH]ccc(=O)c12)c1c(Cl)c2cccc(-c3ccc(C4CCOCC4)nc3)c2c(=O)n1-c1ccccc1. The van der Waals surface area contributed by atoms with Gasteiger partial charge in [-0.3, -0.25) is 19.1 Å². The molecule has 0 saturated carbocycles. The predicted molar refractivity (Wildman–Crippen MR) is 173 cm³/mol. The first-order chi connectivity index (χ1) is 21.5. The van der Waals surface area contributed by atoms with Gasteiger partial charge in [0.25, 0.3) is 5.56 Å². The van der Waals surface area contributed by atoms with Gasteiger partial charge in [0, 0.05) is 59.9 Å². The number of anilines is 1. The Morgan fingerprint density at radius 3 is 2.55 bits per heavy atom. The van der Waals surface area contributed by atoms with Gasteiger partial charge in [0.2, 0.25) is 0 Å². The first-order valence-electron chi connectivity index (χ1n) is 14.6. The minimum atomic E-state index is -0.526. The lowest BCUT2D eigenvalue weighted by atomic mass is 9.94. The van der Waals surface area contributed by atoms with Gasteiger partial charge >= 0.3 is 0 Å². The molecule has 1 aliphatic rings. The van der Waals surface area contributed by atoms with E-state index >= 15 is 0 Å². The third-order valence-electron chi connectivity index (χ3n) is 8.25. The average Bonchev–Trinajstić information content (AvgIpc) is 3.07. The normalized spacial score (nSPS) is 14.6. The van der Waals surface area contributed by atoms with Crippen molar-refractivity contribution in [2.45, 2.75) is 31.7 Å². The topological polar surface area (TPSA) is 115 Å². The van der Waals surface area contributed by atoms with E-state index in [-0.39, 0.29) is 11.0 Å². The van der Waals surface area contributed by atoms with Crippen molar-refractivity contribution < 1.29 is 4.74 Å². The summed E-state index contributed by atoms with van der Waals surface area (Å²) in [6.07, 6.45) is 6.67. The molecule has 1 fully saturated rings. The fourth-order valence-electron chi connectivity index (χ4n) is 6.07. The Labute approximate surface area is 257 Å². The lowest BCUT2D eigenvalue weighted by Crippen LogP contribution is -2.27. The van der Waals surface area contributed by atoms with E-state index in [1.807, 2.05) is 67.7 Å². The van der Waals surface area contributed by atoms with Crippen molar-refractivity contribution in [1.82, 2.24) is 24.5 Å². The summed E-state index contributed by atoms with van der Waals surface area (Å²) in [4.78, 5) is 43.7. The van der Waals surface area contributed by atoms with Gasteiger partial charge < -0.3 is 15.0 Å². The molecule has 0 bridgehead atoms. The molecule has 5 heterocycles. The van der Waals surface area contributed by atoms with Crippen molar-refractivity contribution in [3.63, 3.8) is 0 Å². The Balaban J connectivity index is 1.39. The van der Waals surface area contributed by atoms with Crippen LogP contribution in [0.1, 0.15) is 43.1 Å². The number of ether oxygens (including phenoxy) is 1. The number of pyridine rings is 3. The Hall–Kier alpha value is -4.86. The molecular formula is C34H29ClN6O3. The molecule has 7 rings (SSSR count). The van der Waals surface area contributed by atoms with Crippen molar-refractivity contribution in [1.29, 1.82) is 0 Å². The van der Waals surface area contributed by atoms with Crippen molar-refractivity contribution in [2.24, 2.45) is 0 Å². The van der Waals surface area contributed by atoms with E-state index in [0.29, 0.717) is 49.9 Å². The highest BCUT2D eigenvalue weighted by Gasteiger charge is 2.25. The molecule has 220 valence electrons. The summed E-state index contributed by atoms with van der Waals surface area (Å²) in [5.74, 6) is 0.714. The van der Waals surface area contributed by atoms with E-state index in [2.05, 4.69) is 26.3 Å². The zero-order valence-electron chi connectivity index (χ0n) is 24.0. The predicted octanol–water partition coefficient (Wildman–Crippen LogP) is 6.40. The Kier molecular flexibility index (Phi) is 7.41. The van der Waals surface area contributed by atoms with Crippen molar-refractivity contribution >= 4 is 39.2 Å². The van der Waals surface area contributed by atoms with Crippen LogP contribution in [0.3, 0.4) is 0 Å². The van der Waals surface area contributed by atoms with Gasteiger partial charge in [0.05, 0.1) is 22.1 Å². The summed E-state index contributed by atoms with van der Waals surface area (Å²) >= 11 is 7.24. The van der Waals surface area contributed by atoms with E-state index in [1.165, 1.54) is 12.4 Å². The summed E-state index contributed by atoms with van der Waals surface area (Å²) in [5, 5.41) is 5.21. The maximum absolute atomic E-state index is 14.6. The van der Waals surface area contributed by atoms with Crippen LogP contribution in [0, 0.1) is 0 Å². The first kappa shape index (κ1) is 27.9. The molecule has 44 heavy (non-hydrogen) atoms. The number of aromatic nitrogens is 5. The van der Waals surface area contributed by atoms with Crippen LogP contribution >= 0.6 is 11.6 Å². The second-order valence-electron chi connectivity index (χ2n) is 10.9. The number of nitrogens with one attached hydrogen (secondary N) is 2. The number of nitrogens with zero attached hydrogens (tertiary/aromatic N) is 4. The van der Waals surface area contributed by atoms with E-state index in [4.69, 9.17) is 21.3 Å². The summed E-state index contributed by atoms with van der Waals surface area (Å²) < 4.78 is 7.16. The lowest BCUT2D eigenvalue weighted by molar-refractivity contribution is 0.0845. The molecule has 2 N–H and O–H groups in total. The Bertz CT molecular complexity index is 2100. The van der Waals surface area contributed by atoms with Crippen LogP contribution in [0.5, 0.6) is 0 Å². The highest BCUT2D eigenvalue weighted by molar-refractivity contribution is 6.36. The van der Waals surface area contributed by atoms with E-state index in [9.17, 15) is 9.59 Å². The number of hydrogen-bond acceptors (Lipinski definition) is 7. The second-order valence-corrected chi connectivity index (χ2v) is 11.3. The van der Waals surface area contributed by atoms with Crippen LogP contribution in [0.4, 0.5) is 5.82 Å². The molecule has 4 aromatic heterocycles. The standard InChI is InChI=1S/C34H29ClN6O3/c1-20(40-33-29-27(42)12-15-36-32(29)38-19-39-33)31-30(35)25-9-5-8-24(28(25)34(43)41(31)23-6-3-2-4-7-23)22-10-11-26(37-18-22)21-13-16-44-17-14-21/h2-12,15,18-21H,13-14,16-17H2,1H3,(H2,36,38,39,40,42)/t20-/m0/s1. The molecule has 0 unspecified atom stereocenters. The zero-order chi connectivity index (χ0) is 30.2. The molecule has 0 radical (unpaired) electrons. The van der Waals surface area contributed by atoms with Gasteiger partial charge in [0.1, 0.15) is 23.2 Å². The van der Waals surface area contributed by atoms with Crippen molar-refractivity contribution in [2.75, 3.05) is 18.5 Å². The number of halogens is 1. The van der Waals surface area contributed by atoms with Crippen molar-refractivity contribution in [3.05, 3.63) is 122 Å². The minimum absolute atomic E-state index is 0.214. The number of aromatic amines is 1. The maximum atomic E-state index is 14.6. The molecule has 6 aromatic rings. The second kappa shape index (κ2) is 11.7. The van der Waals surface area contributed by atoms with Crippen LogP contribution in [-0.4, -0.2) is 37.7 Å². The molecule has 1 atom stereocenters. The third-order valence-corrected chi connectivity index (χ3v) is 8.64. The maximum Gasteiger partial charge on any atom is 0.263 e. The van der Waals surface area contributed by atoms with Crippen LogP contribution in [0.25, 0.3) is 38.6 Å². The number of benzene rings is 2. The van der Waals surface area contributed by atoms with E-state index in [1.54, 1.807) is 10.8 Å². The highest BCUT2D eigenvalue weighted by Crippen LogP contribution is 2.37. The fraction of sp³-hybridized carbons (Fsp3) is 0.206. The summed E-state index contributed by atoms with van der Waals surface area (Å²) in [5.41, 5.74) is 3.81. The van der Waals surface area contributed by atoms with Crippen LogP contribution < -0.4 is 16.3 Å². The lowest BCUT2D eigenvalue weighted by Gasteiger charge is -2.24. The number of fused-ring (bicyclic) bond motifs is 2. The summed E-state index contributed by atoms with van der Waals surface area (Å²) in [6.45, 7) is 3.38. The number of hydrogen-bond donors (Lipinski definition) is 2. The van der Waals surface area contributed by atoms with Crippen LogP contribution in [0.2, 0.25) is 5.02 Å². The van der Waals surface area contributed by atoms with Gasteiger partial charge in [0.15, 0.2) is 5.43 Å². The first-order valence-corrected chi connectivity index (χ1v) is 14.9. The Morgan fingerprint density at radius 2 is 1.77 bits per heavy atom. The van der Waals surface area contributed by atoms with Crippen molar-refractivity contribution in [3.8, 4) is 16.8 Å². The van der Waals surface area contributed by atoms with Gasteiger partial charge in [-0.15, -0.1) is 0 Å². The molecule has 9 nitrogen and oxygen atoms in total. The van der Waals surface area contributed by atoms with Gasteiger partial charge in [-0.1, -0.05) is 54.1 Å². The molecular weight excluding hydrogens is 576 g/mol. The molecule has 0 amide bonds. The number of H-pyrrole nitrogens is 1. The number of rotatable bonds is 6. The fourth-order valence-corrected chi connectivity index (χ4v) is 6.48. The average molecular weight is 605 g/mol. The third kappa shape index (κ3) is 4.94. The van der Waals surface area contributed by atoms with Crippen LogP contribution in [0.15, 0.2) is 95.0 Å². The van der Waals surface area contributed by atoms with Gasteiger partial charge in [-0.2, -0.15) is 0 Å².